The van der Waals surface area contributed by atoms with Gasteiger partial charge in [0.1, 0.15) is 0 Å². The molecule has 0 aliphatic rings. The maximum atomic E-state index is 10.3. The summed E-state index contributed by atoms with van der Waals surface area (Å²) in [5.74, 6) is 0. The Kier molecular flexibility index (Phi) is 5.06. The van der Waals surface area contributed by atoms with Gasteiger partial charge in [0.25, 0.3) is 0 Å². The van der Waals surface area contributed by atoms with Crippen LogP contribution in [0.4, 0.5) is 0 Å². The molecule has 0 fully saturated rings. The standard InChI is InChI=1S/C14H11BrClIO/c15-10-3-1-2-9(6-10)7-14(18)12-8-11(16)4-5-13(12)17/h1-6,8,14,18H,7H2. The zero-order chi connectivity index (χ0) is 13.1. The molecule has 2 rings (SSSR count). The van der Waals surface area contributed by atoms with Crippen molar-refractivity contribution in [3.63, 3.8) is 0 Å². The predicted molar refractivity (Wildman–Crippen MR) is 87.0 cm³/mol. The van der Waals surface area contributed by atoms with Gasteiger partial charge >= 0.3 is 0 Å². The van der Waals surface area contributed by atoms with E-state index in [2.05, 4.69) is 38.5 Å². The molecular weight excluding hydrogens is 426 g/mol. The van der Waals surface area contributed by atoms with Crippen LogP contribution in [0.2, 0.25) is 5.02 Å². The lowest BCUT2D eigenvalue weighted by Crippen LogP contribution is -2.04. The molecule has 2 aromatic rings. The fraction of sp³-hybridized carbons (Fsp3) is 0.143. The third-order valence-corrected chi connectivity index (χ3v) is 4.35. The maximum Gasteiger partial charge on any atom is 0.0841 e. The summed E-state index contributed by atoms with van der Waals surface area (Å²) < 4.78 is 2.05. The molecule has 0 aliphatic heterocycles. The lowest BCUT2D eigenvalue weighted by atomic mass is 10.0. The molecule has 0 aliphatic carbocycles. The van der Waals surface area contributed by atoms with Crippen molar-refractivity contribution in [1.82, 2.24) is 0 Å². The van der Waals surface area contributed by atoms with Gasteiger partial charge in [-0.3, -0.25) is 0 Å². The first-order valence-electron chi connectivity index (χ1n) is 5.44. The molecule has 0 saturated carbocycles. The van der Waals surface area contributed by atoms with E-state index in [1.54, 1.807) is 0 Å². The summed E-state index contributed by atoms with van der Waals surface area (Å²) in [6.45, 7) is 0. The van der Waals surface area contributed by atoms with Crippen molar-refractivity contribution < 1.29 is 5.11 Å². The Balaban J connectivity index is 2.21. The lowest BCUT2D eigenvalue weighted by Gasteiger charge is -2.13. The second-order valence-electron chi connectivity index (χ2n) is 4.02. The average Bonchev–Trinajstić information content (AvgIpc) is 2.32. The van der Waals surface area contributed by atoms with E-state index in [9.17, 15) is 5.11 Å². The number of halogens is 3. The van der Waals surface area contributed by atoms with Crippen LogP contribution in [0.1, 0.15) is 17.2 Å². The van der Waals surface area contributed by atoms with Gasteiger partial charge in [-0.25, -0.2) is 0 Å². The molecular formula is C14H11BrClIO. The number of hydrogen-bond donors (Lipinski definition) is 1. The molecule has 0 bridgehead atoms. The SMILES string of the molecule is OC(Cc1cccc(Br)c1)c1cc(Cl)ccc1I. The minimum absolute atomic E-state index is 0.537. The third kappa shape index (κ3) is 3.70. The van der Waals surface area contributed by atoms with E-state index < -0.39 is 6.10 Å². The highest BCUT2D eigenvalue weighted by molar-refractivity contribution is 14.1. The van der Waals surface area contributed by atoms with Gasteiger partial charge in [-0.2, -0.15) is 0 Å². The average molecular weight is 438 g/mol. The van der Waals surface area contributed by atoms with E-state index in [1.165, 1.54) is 0 Å². The van der Waals surface area contributed by atoms with Crippen LogP contribution >= 0.6 is 50.1 Å². The zero-order valence-electron chi connectivity index (χ0n) is 9.41. The zero-order valence-corrected chi connectivity index (χ0v) is 13.9. The van der Waals surface area contributed by atoms with E-state index in [4.69, 9.17) is 11.6 Å². The molecule has 2 aromatic carbocycles. The van der Waals surface area contributed by atoms with Crippen LogP contribution in [0.3, 0.4) is 0 Å². The summed E-state index contributed by atoms with van der Waals surface area (Å²) in [5, 5.41) is 10.9. The monoisotopic (exact) mass is 436 g/mol. The summed E-state index contributed by atoms with van der Waals surface area (Å²) in [5.41, 5.74) is 1.97. The summed E-state index contributed by atoms with van der Waals surface area (Å²) in [6, 6.07) is 13.5. The molecule has 0 amide bonds. The Bertz CT molecular complexity index is 559. The molecule has 4 heteroatoms. The fourth-order valence-electron chi connectivity index (χ4n) is 1.77. The minimum atomic E-state index is -0.537. The predicted octanol–water partition coefficient (Wildman–Crippen LogP) is 4.98. The summed E-state index contributed by atoms with van der Waals surface area (Å²) >= 11 is 11.6. The van der Waals surface area contributed by atoms with Gasteiger partial charge in [0.05, 0.1) is 6.10 Å². The normalized spacial score (nSPS) is 12.4. The molecule has 0 aromatic heterocycles. The van der Waals surface area contributed by atoms with Crippen LogP contribution < -0.4 is 0 Å². The Hall–Kier alpha value is -0.100. The largest absolute Gasteiger partial charge is 0.388 e. The van der Waals surface area contributed by atoms with Gasteiger partial charge in [-0.05, 0) is 64.0 Å². The molecule has 94 valence electrons. The first kappa shape index (κ1) is 14.3. The second-order valence-corrected chi connectivity index (χ2v) is 6.53. The summed E-state index contributed by atoms with van der Waals surface area (Å²) in [7, 11) is 0. The van der Waals surface area contributed by atoms with Gasteiger partial charge in [0.15, 0.2) is 0 Å². The van der Waals surface area contributed by atoms with E-state index in [0.29, 0.717) is 11.4 Å². The van der Waals surface area contributed by atoms with E-state index >= 15 is 0 Å². The van der Waals surface area contributed by atoms with Crippen LogP contribution in [0.25, 0.3) is 0 Å². The van der Waals surface area contributed by atoms with Crippen molar-refractivity contribution in [3.05, 3.63) is 66.7 Å². The molecule has 0 heterocycles. The molecule has 18 heavy (non-hydrogen) atoms. The molecule has 1 nitrogen and oxygen atoms in total. The molecule has 0 radical (unpaired) electrons. The highest BCUT2D eigenvalue weighted by atomic mass is 127. The molecule has 0 spiro atoms. The topological polar surface area (TPSA) is 20.2 Å². The van der Waals surface area contributed by atoms with Gasteiger partial charge in [-0.1, -0.05) is 39.7 Å². The number of benzene rings is 2. The highest BCUT2D eigenvalue weighted by Crippen LogP contribution is 2.27. The van der Waals surface area contributed by atoms with Crippen molar-refractivity contribution in [2.45, 2.75) is 12.5 Å². The Morgan fingerprint density at radius 2 is 2.00 bits per heavy atom. The Labute approximate surface area is 133 Å². The van der Waals surface area contributed by atoms with Gasteiger partial charge < -0.3 is 5.11 Å². The van der Waals surface area contributed by atoms with Crippen molar-refractivity contribution in [2.24, 2.45) is 0 Å². The number of hydrogen-bond acceptors (Lipinski definition) is 1. The highest BCUT2D eigenvalue weighted by Gasteiger charge is 2.12. The van der Waals surface area contributed by atoms with Crippen molar-refractivity contribution >= 4 is 50.1 Å². The molecule has 0 saturated heterocycles. The first-order valence-corrected chi connectivity index (χ1v) is 7.68. The lowest BCUT2D eigenvalue weighted by molar-refractivity contribution is 0.177. The quantitative estimate of drug-likeness (QED) is 0.672. The number of aliphatic hydroxyl groups is 1. The van der Waals surface area contributed by atoms with Gasteiger partial charge in [0.2, 0.25) is 0 Å². The second kappa shape index (κ2) is 6.37. The summed E-state index contributed by atoms with van der Waals surface area (Å²) in [4.78, 5) is 0. The third-order valence-electron chi connectivity index (χ3n) is 2.64. The van der Waals surface area contributed by atoms with Crippen molar-refractivity contribution in [2.75, 3.05) is 0 Å². The minimum Gasteiger partial charge on any atom is -0.388 e. The van der Waals surface area contributed by atoms with Crippen molar-refractivity contribution in [3.8, 4) is 0 Å². The van der Waals surface area contributed by atoms with Crippen LogP contribution in [0, 0.1) is 3.57 Å². The smallest absolute Gasteiger partial charge is 0.0841 e. The molecule has 1 N–H and O–H groups in total. The van der Waals surface area contributed by atoms with E-state index in [-0.39, 0.29) is 0 Å². The molecule has 1 atom stereocenters. The van der Waals surface area contributed by atoms with E-state index in [0.717, 1.165) is 19.2 Å². The van der Waals surface area contributed by atoms with Gasteiger partial charge in [0, 0.05) is 19.5 Å². The van der Waals surface area contributed by atoms with Crippen LogP contribution in [-0.4, -0.2) is 5.11 Å². The number of aliphatic hydroxyl groups excluding tert-OH is 1. The van der Waals surface area contributed by atoms with Crippen LogP contribution in [0.15, 0.2) is 46.9 Å². The summed E-state index contributed by atoms with van der Waals surface area (Å²) in [6.07, 6.45) is 0.0420. The first-order chi connectivity index (χ1) is 8.56. The number of rotatable bonds is 3. The van der Waals surface area contributed by atoms with Gasteiger partial charge in [-0.15, -0.1) is 0 Å². The maximum absolute atomic E-state index is 10.3. The van der Waals surface area contributed by atoms with E-state index in [1.807, 2.05) is 42.5 Å². The van der Waals surface area contributed by atoms with Crippen LogP contribution in [0.5, 0.6) is 0 Å². The Morgan fingerprint density at radius 1 is 1.22 bits per heavy atom. The Morgan fingerprint density at radius 3 is 2.72 bits per heavy atom. The van der Waals surface area contributed by atoms with Crippen LogP contribution in [-0.2, 0) is 6.42 Å². The molecule has 1 unspecified atom stereocenters. The van der Waals surface area contributed by atoms with Crippen molar-refractivity contribution in [1.29, 1.82) is 0 Å². The fourth-order valence-corrected chi connectivity index (χ4v) is 3.09.